The van der Waals surface area contributed by atoms with Gasteiger partial charge in [-0.2, -0.15) is 0 Å². The van der Waals surface area contributed by atoms with Crippen LogP contribution in [0.25, 0.3) is 0 Å². The Labute approximate surface area is 194 Å². The number of carbonyl (C=O) groups excluding carboxylic acids is 3. The molecule has 0 atom stereocenters. The van der Waals surface area contributed by atoms with Crippen LogP contribution in [0.4, 0.5) is 11.4 Å². The van der Waals surface area contributed by atoms with Crippen molar-refractivity contribution >= 4 is 29.2 Å². The first kappa shape index (κ1) is 24.1. The van der Waals surface area contributed by atoms with Crippen molar-refractivity contribution in [2.24, 2.45) is 5.41 Å². The normalized spacial score (nSPS) is 16.6. The van der Waals surface area contributed by atoms with E-state index in [0.29, 0.717) is 18.8 Å². The molecular weight excluding hydrogens is 422 g/mol. The molecular formula is C25H31N3O5. The minimum absolute atomic E-state index is 0.0800. The molecule has 8 heteroatoms. The lowest BCUT2D eigenvalue weighted by Gasteiger charge is -2.38. The molecule has 1 aromatic rings. The van der Waals surface area contributed by atoms with E-state index in [-0.39, 0.29) is 22.6 Å². The number of hydrogen-bond donors (Lipinski definition) is 0. The summed E-state index contributed by atoms with van der Waals surface area (Å²) in [6.07, 6.45) is 6.63. The molecule has 176 valence electrons. The number of esters is 2. The van der Waals surface area contributed by atoms with E-state index < -0.39 is 11.9 Å². The van der Waals surface area contributed by atoms with Gasteiger partial charge in [-0.1, -0.05) is 26.8 Å². The summed E-state index contributed by atoms with van der Waals surface area (Å²) in [5.74, 6) is -1.10. The second kappa shape index (κ2) is 9.94. The van der Waals surface area contributed by atoms with E-state index in [1.165, 1.54) is 20.3 Å². The fourth-order valence-electron chi connectivity index (χ4n) is 3.83. The van der Waals surface area contributed by atoms with E-state index in [9.17, 15) is 14.4 Å². The van der Waals surface area contributed by atoms with Crippen LogP contribution in [0.2, 0.25) is 0 Å². The Hall–Kier alpha value is -3.55. The number of benzene rings is 1. The highest BCUT2D eigenvalue weighted by Gasteiger charge is 2.30. The topological polar surface area (TPSA) is 79.4 Å². The lowest BCUT2D eigenvalue weighted by molar-refractivity contribution is -0.139. The number of hydrogen-bond acceptors (Lipinski definition) is 7. The molecule has 0 bridgehead atoms. The SMILES string of the molecule is COC(=O)C1=C(C(=O)OC)N(c2ccc(N3CCN(C(=O)C(C)(C)C)CC3)cc2)C=CC=C1. The third-order valence-electron chi connectivity index (χ3n) is 5.59. The molecule has 1 saturated heterocycles. The van der Waals surface area contributed by atoms with Crippen molar-refractivity contribution in [3.63, 3.8) is 0 Å². The summed E-state index contributed by atoms with van der Waals surface area (Å²) in [5, 5.41) is 0. The molecule has 0 N–H and O–H groups in total. The number of rotatable bonds is 4. The van der Waals surface area contributed by atoms with Gasteiger partial charge in [0, 0.05) is 49.2 Å². The lowest BCUT2D eigenvalue weighted by Crippen LogP contribution is -2.51. The maximum atomic E-state index is 12.6. The van der Waals surface area contributed by atoms with Crippen LogP contribution in [-0.4, -0.2) is 63.1 Å². The first-order chi connectivity index (χ1) is 15.7. The number of nitrogens with zero attached hydrogens (tertiary/aromatic N) is 3. The third kappa shape index (κ3) is 5.27. The highest BCUT2D eigenvalue weighted by Crippen LogP contribution is 2.29. The number of allylic oxidation sites excluding steroid dienone is 2. The van der Waals surface area contributed by atoms with Crippen LogP contribution in [0.1, 0.15) is 20.8 Å². The fourth-order valence-corrected chi connectivity index (χ4v) is 3.83. The average molecular weight is 454 g/mol. The highest BCUT2D eigenvalue weighted by molar-refractivity contribution is 6.05. The Bertz CT molecular complexity index is 994. The Kier molecular flexibility index (Phi) is 7.26. The molecule has 2 aliphatic heterocycles. The summed E-state index contributed by atoms with van der Waals surface area (Å²) >= 11 is 0. The predicted octanol–water partition coefficient (Wildman–Crippen LogP) is 2.87. The molecule has 2 aliphatic rings. The van der Waals surface area contributed by atoms with Gasteiger partial charge in [0.1, 0.15) is 5.70 Å². The molecule has 1 amide bonds. The van der Waals surface area contributed by atoms with E-state index in [1.54, 1.807) is 23.3 Å². The van der Waals surface area contributed by atoms with Crippen molar-refractivity contribution in [1.82, 2.24) is 4.90 Å². The summed E-state index contributed by atoms with van der Waals surface area (Å²) in [6, 6.07) is 7.70. The molecule has 2 heterocycles. The minimum Gasteiger partial charge on any atom is -0.465 e. The molecule has 0 saturated carbocycles. The number of methoxy groups -OCH3 is 2. The Morgan fingerprint density at radius 3 is 1.94 bits per heavy atom. The van der Waals surface area contributed by atoms with Crippen molar-refractivity contribution < 1.29 is 23.9 Å². The second-order valence-corrected chi connectivity index (χ2v) is 8.86. The largest absolute Gasteiger partial charge is 0.465 e. The summed E-state index contributed by atoms with van der Waals surface area (Å²) < 4.78 is 9.79. The quantitative estimate of drug-likeness (QED) is 0.649. The summed E-state index contributed by atoms with van der Waals surface area (Å²) in [7, 11) is 2.54. The number of carbonyl (C=O) groups is 3. The molecule has 0 radical (unpaired) electrons. The zero-order chi connectivity index (χ0) is 24.2. The van der Waals surface area contributed by atoms with Gasteiger partial charge in [0.15, 0.2) is 0 Å². The third-order valence-corrected chi connectivity index (χ3v) is 5.59. The molecule has 0 spiro atoms. The first-order valence-electron chi connectivity index (χ1n) is 10.9. The number of piperazine rings is 1. The van der Waals surface area contributed by atoms with Crippen molar-refractivity contribution in [1.29, 1.82) is 0 Å². The van der Waals surface area contributed by atoms with Crippen LogP contribution in [0, 0.1) is 5.41 Å². The van der Waals surface area contributed by atoms with Gasteiger partial charge in [-0.05, 0) is 36.4 Å². The van der Waals surface area contributed by atoms with Gasteiger partial charge in [-0.25, -0.2) is 9.59 Å². The second-order valence-electron chi connectivity index (χ2n) is 8.86. The van der Waals surface area contributed by atoms with Gasteiger partial charge in [0.05, 0.1) is 19.8 Å². The Balaban J connectivity index is 1.81. The maximum absolute atomic E-state index is 12.6. The molecule has 33 heavy (non-hydrogen) atoms. The zero-order valence-electron chi connectivity index (χ0n) is 19.8. The van der Waals surface area contributed by atoms with Gasteiger partial charge >= 0.3 is 11.9 Å². The minimum atomic E-state index is -0.643. The van der Waals surface area contributed by atoms with Crippen LogP contribution in [0.3, 0.4) is 0 Å². The van der Waals surface area contributed by atoms with Gasteiger partial charge < -0.3 is 24.2 Å². The lowest BCUT2D eigenvalue weighted by atomic mass is 9.94. The van der Waals surface area contributed by atoms with E-state index in [2.05, 4.69) is 4.90 Å². The van der Waals surface area contributed by atoms with Crippen LogP contribution in [0.5, 0.6) is 0 Å². The average Bonchev–Trinajstić information content (AvgIpc) is 3.05. The van der Waals surface area contributed by atoms with Crippen LogP contribution in [-0.2, 0) is 23.9 Å². The monoisotopic (exact) mass is 453 g/mol. The van der Waals surface area contributed by atoms with E-state index in [1.807, 2.05) is 49.9 Å². The van der Waals surface area contributed by atoms with Crippen molar-refractivity contribution in [3.8, 4) is 0 Å². The van der Waals surface area contributed by atoms with Crippen molar-refractivity contribution in [2.45, 2.75) is 20.8 Å². The molecule has 1 fully saturated rings. The van der Waals surface area contributed by atoms with Gasteiger partial charge in [0.25, 0.3) is 0 Å². The van der Waals surface area contributed by atoms with Gasteiger partial charge in [0.2, 0.25) is 5.91 Å². The van der Waals surface area contributed by atoms with Crippen LogP contribution >= 0.6 is 0 Å². The highest BCUT2D eigenvalue weighted by atomic mass is 16.5. The van der Waals surface area contributed by atoms with Crippen LogP contribution in [0.15, 0.2) is 60.0 Å². The smallest absolute Gasteiger partial charge is 0.355 e. The van der Waals surface area contributed by atoms with Gasteiger partial charge in [-0.15, -0.1) is 0 Å². The van der Waals surface area contributed by atoms with Crippen molar-refractivity contribution in [2.75, 3.05) is 50.2 Å². The van der Waals surface area contributed by atoms with Crippen molar-refractivity contribution in [3.05, 3.63) is 60.0 Å². The zero-order valence-corrected chi connectivity index (χ0v) is 19.8. The number of amides is 1. The molecule has 0 aromatic heterocycles. The van der Waals surface area contributed by atoms with E-state index in [4.69, 9.17) is 9.47 Å². The van der Waals surface area contributed by atoms with E-state index in [0.717, 1.165) is 18.8 Å². The fraction of sp³-hybridized carbons (Fsp3) is 0.400. The summed E-state index contributed by atoms with van der Waals surface area (Å²) in [5.41, 5.74) is 1.53. The summed E-state index contributed by atoms with van der Waals surface area (Å²) in [6.45, 7) is 8.66. The summed E-state index contributed by atoms with van der Waals surface area (Å²) in [4.78, 5) is 43.2. The van der Waals surface area contributed by atoms with E-state index >= 15 is 0 Å². The maximum Gasteiger partial charge on any atom is 0.355 e. The molecule has 1 aromatic carbocycles. The Morgan fingerprint density at radius 1 is 0.818 bits per heavy atom. The first-order valence-corrected chi connectivity index (χ1v) is 10.9. The molecule has 0 unspecified atom stereocenters. The molecule has 3 rings (SSSR count). The molecule has 8 nitrogen and oxygen atoms in total. The van der Waals surface area contributed by atoms with Gasteiger partial charge in [-0.3, -0.25) is 4.79 Å². The predicted molar refractivity (Wildman–Crippen MR) is 127 cm³/mol. The number of ether oxygens (including phenoxy) is 2. The molecule has 0 aliphatic carbocycles. The number of anilines is 2. The van der Waals surface area contributed by atoms with Crippen LogP contribution < -0.4 is 9.80 Å². The standard InChI is InChI=1S/C25H31N3O5/c1-25(2,3)24(31)27-16-14-26(15-17-27)18-9-11-19(12-10-18)28-13-7-6-8-20(22(29)32-4)21(28)23(30)33-5/h6-13H,14-17H2,1-5H3. The Morgan fingerprint density at radius 2 is 1.39 bits per heavy atom.